The second-order valence-corrected chi connectivity index (χ2v) is 13.5. The average molecular weight is 660 g/mol. The lowest BCUT2D eigenvalue weighted by Gasteiger charge is -2.41. The number of amides is 1. The molecule has 4 rings (SSSR count). The van der Waals surface area contributed by atoms with E-state index in [-0.39, 0.29) is 49.2 Å². The monoisotopic (exact) mass is 659 g/mol. The predicted molar refractivity (Wildman–Crippen MR) is 178 cm³/mol. The fraction of sp³-hybridized carbons (Fsp3) is 0.441. The minimum absolute atomic E-state index is 0. The van der Waals surface area contributed by atoms with Crippen LogP contribution in [0, 0.1) is 0 Å². The lowest BCUT2D eigenvalue weighted by Crippen LogP contribution is -2.50. The van der Waals surface area contributed by atoms with Crippen molar-refractivity contribution < 1.29 is 27.8 Å². The highest BCUT2D eigenvalue weighted by molar-refractivity contribution is 7.89. The molecule has 11 heteroatoms. The Balaban J connectivity index is 0.00000552. The summed E-state index contributed by atoms with van der Waals surface area (Å²) >= 11 is 0. The number of nitrogens with zero attached hydrogens (tertiary/aromatic N) is 3. The molecule has 3 aromatic carbocycles. The van der Waals surface area contributed by atoms with Gasteiger partial charge in [-0.05, 0) is 49.1 Å². The minimum atomic E-state index is -3.74. The highest BCUT2D eigenvalue weighted by Gasteiger charge is 2.37. The molecule has 0 spiro atoms. The molecule has 1 atom stereocenters. The number of aliphatic hydroxyl groups excluding tert-OH is 1. The maximum absolute atomic E-state index is 13.4. The molecule has 9 nitrogen and oxygen atoms in total. The van der Waals surface area contributed by atoms with Crippen LogP contribution >= 0.6 is 12.4 Å². The first kappa shape index (κ1) is 36.5. The molecule has 1 fully saturated rings. The number of methoxy groups -OCH3 is 1. The third-order valence-electron chi connectivity index (χ3n) is 8.55. The number of rotatable bonds is 15. The molecule has 0 aliphatic carbocycles. The maximum atomic E-state index is 13.4. The Morgan fingerprint density at radius 3 is 2.11 bits per heavy atom. The minimum Gasteiger partial charge on any atom is -0.445 e. The summed E-state index contributed by atoms with van der Waals surface area (Å²) < 4.78 is 39.1. The number of sulfonamides is 1. The van der Waals surface area contributed by atoms with Gasteiger partial charge in [-0.15, -0.1) is 12.4 Å². The molecule has 1 aliphatic rings. The highest BCUT2D eigenvalue weighted by Crippen LogP contribution is 2.32. The molecule has 3 aromatic rings. The van der Waals surface area contributed by atoms with Crippen molar-refractivity contribution in [3.8, 4) is 0 Å². The van der Waals surface area contributed by atoms with Crippen LogP contribution in [0.3, 0.4) is 0 Å². The Hall–Kier alpha value is -2.99. The van der Waals surface area contributed by atoms with Gasteiger partial charge in [0.05, 0.1) is 18.1 Å². The molecule has 1 aliphatic heterocycles. The van der Waals surface area contributed by atoms with E-state index in [1.807, 2.05) is 60.7 Å². The third-order valence-corrected chi connectivity index (χ3v) is 10.4. The molecule has 0 radical (unpaired) electrons. The summed E-state index contributed by atoms with van der Waals surface area (Å²) in [6.45, 7) is 3.27. The van der Waals surface area contributed by atoms with Gasteiger partial charge in [0, 0.05) is 51.8 Å². The van der Waals surface area contributed by atoms with E-state index in [1.54, 1.807) is 49.4 Å². The topological polar surface area (TPSA) is 99.6 Å². The summed E-state index contributed by atoms with van der Waals surface area (Å²) in [6.07, 6.45) is 1.79. The van der Waals surface area contributed by atoms with Crippen molar-refractivity contribution in [2.45, 2.75) is 42.2 Å². The maximum Gasteiger partial charge on any atom is 0.410 e. The average Bonchev–Trinajstić information content (AvgIpc) is 3.07. The number of benzene rings is 3. The molecule has 1 heterocycles. The zero-order valence-electron chi connectivity index (χ0n) is 26.2. The van der Waals surface area contributed by atoms with Crippen LogP contribution in [0.25, 0.3) is 0 Å². The van der Waals surface area contributed by atoms with Crippen molar-refractivity contribution in [1.29, 1.82) is 0 Å². The number of likely N-dealkylation sites (N-methyl/N-ethyl adjacent to an activating group) is 1. The number of aliphatic hydroxyl groups is 1. The normalized spacial score (nSPS) is 15.6. The molecule has 0 bridgehead atoms. The van der Waals surface area contributed by atoms with Gasteiger partial charge < -0.3 is 24.4 Å². The molecular weight excluding hydrogens is 614 g/mol. The molecule has 1 N–H and O–H groups in total. The Morgan fingerprint density at radius 1 is 0.956 bits per heavy atom. The van der Waals surface area contributed by atoms with E-state index in [1.165, 1.54) is 4.31 Å². The summed E-state index contributed by atoms with van der Waals surface area (Å²) in [5, 5.41) is 10.8. The van der Waals surface area contributed by atoms with Crippen LogP contribution in [0.5, 0.6) is 0 Å². The summed E-state index contributed by atoms with van der Waals surface area (Å²) in [4.78, 5) is 17.4. The van der Waals surface area contributed by atoms with Crippen molar-refractivity contribution in [3.05, 3.63) is 102 Å². The molecule has 1 saturated heterocycles. The Kier molecular flexibility index (Phi) is 14.3. The summed E-state index contributed by atoms with van der Waals surface area (Å²) in [6, 6.07) is 27.7. The van der Waals surface area contributed by atoms with Crippen molar-refractivity contribution in [3.63, 3.8) is 0 Å². The van der Waals surface area contributed by atoms with Crippen LogP contribution in [0.1, 0.15) is 30.4 Å². The largest absolute Gasteiger partial charge is 0.445 e. The first-order valence-electron chi connectivity index (χ1n) is 15.2. The van der Waals surface area contributed by atoms with Crippen molar-refractivity contribution in [1.82, 2.24) is 14.1 Å². The van der Waals surface area contributed by atoms with Crippen molar-refractivity contribution >= 4 is 28.5 Å². The quantitative estimate of drug-likeness (QED) is 0.250. The van der Waals surface area contributed by atoms with E-state index in [9.17, 15) is 18.3 Å². The molecule has 1 amide bonds. The fourth-order valence-corrected chi connectivity index (χ4v) is 7.13. The predicted octanol–water partition coefficient (Wildman–Crippen LogP) is 4.80. The van der Waals surface area contributed by atoms with Gasteiger partial charge in [-0.2, -0.15) is 4.31 Å². The second-order valence-electron chi connectivity index (χ2n) is 11.4. The Bertz CT molecular complexity index is 1390. The Morgan fingerprint density at radius 2 is 1.53 bits per heavy atom. The van der Waals surface area contributed by atoms with Crippen molar-refractivity contribution in [2.24, 2.45) is 0 Å². The second kappa shape index (κ2) is 17.6. The zero-order chi connectivity index (χ0) is 31.4. The number of carbonyl (C=O) groups excluding carboxylic acids is 1. The van der Waals surface area contributed by atoms with Crippen LogP contribution in [0.15, 0.2) is 95.9 Å². The summed E-state index contributed by atoms with van der Waals surface area (Å²) in [7, 11) is -0.540. The van der Waals surface area contributed by atoms with Crippen LogP contribution in [0.4, 0.5) is 4.79 Å². The molecule has 1 unspecified atom stereocenters. The lowest BCUT2D eigenvalue weighted by molar-refractivity contribution is 0.0452. The van der Waals surface area contributed by atoms with E-state index in [0.717, 1.165) is 37.1 Å². The number of ether oxygens (including phenoxy) is 2. The van der Waals surface area contributed by atoms with E-state index >= 15 is 0 Å². The van der Waals surface area contributed by atoms with Gasteiger partial charge in [-0.25, -0.2) is 13.2 Å². The summed E-state index contributed by atoms with van der Waals surface area (Å²) in [5.41, 5.74) is 1.05. The van der Waals surface area contributed by atoms with Crippen LogP contribution in [-0.4, -0.2) is 99.9 Å². The van der Waals surface area contributed by atoms with E-state index in [4.69, 9.17) is 9.47 Å². The number of hydrogen-bond donors (Lipinski definition) is 1. The SMILES string of the molecule is COCCN(C(=O)OCc1ccccc1)C1CCN(CCC(CO)(CN(C)S(=O)(=O)c2ccccc2)c2ccccc2)CC1.Cl. The number of halogens is 1. The van der Waals surface area contributed by atoms with Gasteiger partial charge >= 0.3 is 6.09 Å². The van der Waals surface area contributed by atoms with Gasteiger partial charge in [0.2, 0.25) is 10.0 Å². The molecule has 0 saturated carbocycles. The number of likely N-dealkylation sites (tertiary alicyclic amines) is 1. The highest BCUT2D eigenvalue weighted by atomic mass is 35.5. The summed E-state index contributed by atoms with van der Waals surface area (Å²) in [5.74, 6) is 0. The zero-order valence-corrected chi connectivity index (χ0v) is 27.8. The van der Waals surface area contributed by atoms with Gasteiger partial charge in [-0.3, -0.25) is 0 Å². The van der Waals surface area contributed by atoms with Crippen LogP contribution in [-0.2, 0) is 31.5 Å². The van der Waals surface area contributed by atoms with Gasteiger partial charge in [0.15, 0.2) is 0 Å². The van der Waals surface area contributed by atoms with Gasteiger partial charge in [-0.1, -0.05) is 78.9 Å². The molecule has 45 heavy (non-hydrogen) atoms. The smallest absolute Gasteiger partial charge is 0.410 e. The Labute approximate surface area is 274 Å². The van der Waals surface area contributed by atoms with Gasteiger partial charge in [0.1, 0.15) is 6.61 Å². The third kappa shape index (κ3) is 9.75. The first-order valence-corrected chi connectivity index (χ1v) is 16.6. The standard InChI is InChI=1S/C34H45N3O6S.ClH/c1-35(44(40,41)32-16-10-5-11-17-32)27-34(28-38,30-14-8-4-9-15-30)20-23-36-21-18-31(19-22-36)37(24-25-42-2)33(39)43-26-29-12-6-3-7-13-29;/h3-17,31,38H,18-28H2,1-2H3;1H. The van der Waals surface area contributed by atoms with Gasteiger partial charge in [0.25, 0.3) is 0 Å². The molecule has 246 valence electrons. The number of piperidine rings is 1. The lowest BCUT2D eigenvalue weighted by atomic mass is 9.77. The van der Waals surface area contributed by atoms with E-state index in [2.05, 4.69) is 4.90 Å². The van der Waals surface area contributed by atoms with Crippen LogP contribution < -0.4 is 0 Å². The fourth-order valence-electron chi connectivity index (χ4n) is 5.85. The number of carbonyl (C=O) groups is 1. The number of hydrogen-bond acceptors (Lipinski definition) is 7. The van der Waals surface area contributed by atoms with E-state index < -0.39 is 15.4 Å². The van der Waals surface area contributed by atoms with Crippen molar-refractivity contribution in [2.75, 3.05) is 60.1 Å². The van der Waals surface area contributed by atoms with Crippen LogP contribution in [0.2, 0.25) is 0 Å². The first-order chi connectivity index (χ1) is 21.3. The molecule has 0 aromatic heterocycles. The molecular formula is C34H46ClN3O6S. The van der Waals surface area contributed by atoms with E-state index in [0.29, 0.717) is 26.1 Å².